The Kier molecular flexibility index (Phi) is 4.40. The van der Waals surface area contributed by atoms with Gasteiger partial charge in [-0.2, -0.15) is 0 Å². The number of aromatic nitrogens is 3. The fourth-order valence-electron chi connectivity index (χ4n) is 4.19. The number of anilines is 3. The normalized spacial score (nSPS) is 11.1. The standard InChI is InChI=1S/C28H20N4/c1-3-12-22(13-4-1)31(23-14-5-2-6-15-23)28-30-27(24-16-9-10-20-29-24)26-19-18-21-11-7-8-17-25(21)32(26)28/h1-20H. The lowest BCUT2D eigenvalue weighted by molar-refractivity contribution is 1.10. The van der Waals surface area contributed by atoms with Crippen LogP contribution in [0.1, 0.15) is 0 Å². The van der Waals surface area contributed by atoms with Gasteiger partial charge in [0.05, 0.1) is 16.7 Å². The third-order valence-electron chi connectivity index (χ3n) is 5.63. The summed E-state index contributed by atoms with van der Waals surface area (Å²) in [7, 11) is 0. The molecule has 0 N–H and O–H groups in total. The fraction of sp³-hybridized carbons (Fsp3) is 0. The van der Waals surface area contributed by atoms with Gasteiger partial charge in [-0.05, 0) is 53.9 Å². The molecule has 0 aliphatic rings. The summed E-state index contributed by atoms with van der Waals surface area (Å²) in [5, 5.41) is 1.16. The summed E-state index contributed by atoms with van der Waals surface area (Å²) < 4.78 is 2.24. The zero-order chi connectivity index (χ0) is 21.3. The molecule has 4 nitrogen and oxygen atoms in total. The molecule has 0 saturated carbocycles. The molecule has 0 radical (unpaired) electrons. The highest BCUT2D eigenvalue weighted by Gasteiger charge is 2.22. The topological polar surface area (TPSA) is 33.4 Å². The van der Waals surface area contributed by atoms with Crippen molar-refractivity contribution in [1.29, 1.82) is 0 Å². The van der Waals surface area contributed by atoms with Crippen LogP contribution in [0.5, 0.6) is 0 Å². The first-order valence-corrected chi connectivity index (χ1v) is 10.6. The van der Waals surface area contributed by atoms with Crippen molar-refractivity contribution in [2.45, 2.75) is 0 Å². The molecule has 0 fully saturated rings. The molecule has 0 aliphatic carbocycles. The second-order valence-electron chi connectivity index (χ2n) is 7.59. The van der Waals surface area contributed by atoms with Crippen LogP contribution in [0.4, 0.5) is 17.3 Å². The maximum Gasteiger partial charge on any atom is 0.220 e. The zero-order valence-electron chi connectivity index (χ0n) is 17.3. The molecule has 32 heavy (non-hydrogen) atoms. The van der Waals surface area contributed by atoms with Gasteiger partial charge < -0.3 is 0 Å². The summed E-state index contributed by atoms with van der Waals surface area (Å²) >= 11 is 0. The average Bonchev–Trinajstić information content (AvgIpc) is 3.26. The summed E-state index contributed by atoms with van der Waals surface area (Å²) in [6.45, 7) is 0. The quantitative estimate of drug-likeness (QED) is 0.312. The number of nitrogens with zero attached hydrogens (tertiary/aromatic N) is 4. The van der Waals surface area contributed by atoms with Crippen LogP contribution in [0.2, 0.25) is 0 Å². The van der Waals surface area contributed by atoms with E-state index in [1.165, 1.54) is 0 Å². The number of imidazole rings is 1. The van der Waals surface area contributed by atoms with Crippen LogP contribution in [-0.2, 0) is 0 Å². The average molecular weight is 412 g/mol. The van der Waals surface area contributed by atoms with E-state index in [-0.39, 0.29) is 0 Å². The Bertz CT molecular complexity index is 1470. The molecule has 0 aliphatic heterocycles. The molecule has 0 unspecified atom stereocenters. The van der Waals surface area contributed by atoms with E-state index in [1.54, 1.807) is 0 Å². The van der Waals surface area contributed by atoms with E-state index in [2.05, 4.69) is 99.2 Å². The summed E-state index contributed by atoms with van der Waals surface area (Å²) in [4.78, 5) is 12.0. The minimum absolute atomic E-state index is 0.829. The number of rotatable bonds is 4. The molecular formula is C28H20N4. The van der Waals surface area contributed by atoms with Crippen LogP contribution in [-0.4, -0.2) is 14.4 Å². The maximum atomic E-state index is 5.19. The van der Waals surface area contributed by atoms with Gasteiger partial charge in [0, 0.05) is 17.6 Å². The molecule has 0 bridgehead atoms. The van der Waals surface area contributed by atoms with Gasteiger partial charge in [0.15, 0.2) is 0 Å². The highest BCUT2D eigenvalue weighted by atomic mass is 15.3. The molecule has 3 aromatic heterocycles. The van der Waals surface area contributed by atoms with Crippen molar-refractivity contribution in [2.75, 3.05) is 4.90 Å². The minimum Gasteiger partial charge on any atom is -0.280 e. The second kappa shape index (κ2) is 7.67. The molecule has 6 rings (SSSR count). The predicted octanol–water partition coefficient (Wildman–Crippen LogP) is 7.02. The first-order valence-electron chi connectivity index (χ1n) is 10.6. The second-order valence-corrected chi connectivity index (χ2v) is 7.59. The lowest BCUT2D eigenvalue weighted by Gasteiger charge is -2.24. The Morgan fingerprint density at radius 3 is 1.91 bits per heavy atom. The van der Waals surface area contributed by atoms with Gasteiger partial charge in [-0.25, -0.2) is 4.98 Å². The molecule has 0 saturated heterocycles. The van der Waals surface area contributed by atoms with E-state index in [0.717, 1.165) is 45.1 Å². The molecule has 0 amide bonds. The maximum absolute atomic E-state index is 5.19. The number of fused-ring (bicyclic) bond motifs is 3. The van der Waals surface area contributed by atoms with Crippen molar-refractivity contribution in [3.63, 3.8) is 0 Å². The van der Waals surface area contributed by atoms with E-state index in [1.807, 2.05) is 36.5 Å². The number of para-hydroxylation sites is 3. The summed E-state index contributed by atoms with van der Waals surface area (Å²) in [6.07, 6.45) is 1.81. The molecule has 0 spiro atoms. The van der Waals surface area contributed by atoms with Crippen LogP contribution < -0.4 is 4.90 Å². The Morgan fingerprint density at radius 1 is 0.562 bits per heavy atom. The molecule has 0 atom stereocenters. The molecule has 3 aromatic carbocycles. The van der Waals surface area contributed by atoms with Gasteiger partial charge in [-0.3, -0.25) is 14.3 Å². The van der Waals surface area contributed by atoms with Crippen LogP contribution in [0.15, 0.2) is 121 Å². The minimum atomic E-state index is 0.829. The van der Waals surface area contributed by atoms with E-state index in [4.69, 9.17) is 4.98 Å². The number of pyridine rings is 2. The molecule has 152 valence electrons. The molecule has 3 heterocycles. The van der Waals surface area contributed by atoms with Crippen molar-refractivity contribution in [1.82, 2.24) is 14.4 Å². The lowest BCUT2D eigenvalue weighted by Crippen LogP contribution is -2.13. The Hall–Kier alpha value is -4.44. The first kappa shape index (κ1) is 18.3. The summed E-state index contributed by atoms with van der Waals surface area (Å²) in [6, 6.07) is 39.4. The zero-order valence-corrected chi connectivity index (χ0v) is 17.3. The van der Waals surface area contributed by atoms with E-state index >= 15 is 0 Å². The van der Waals surface area contributed by atoms with Crippen LogP contribution >= 0.6 is 0 Å². The highest BCUT2D eigenvalue weighted by Crippen LogP contribution is 2.38. The number of hydrogen-bond donors (Lipinski definition) is 0. The van der Waals surface area contributed by atoms with Gasteiger partial charge in [-0.15, -0.1) is 0 Å². The third kappa shape index (κ3) is 3.01. The first-order chi connectivity index (χ1) is 15.9. The van der Waals surface area contributed by atoms with E-state index in [9.17, 15) is 0 Å². The van der Waals surface area contributed by atoms with Crippen molar-refractivity contribution < 1.29 is 0 Å². The van der Waals surface area contributed by atoms with Gasteiger partial charge in [0.2, 0.25) is 5.95 Å². The molecular weight excluding hydrogens is 392 g/mol. The van der Waals surface area contributed by atoms with E-state index in [0.29, 0.717) is 0 Å². The summed E-state index contributed by atoms with van der Waals surface area (Å²) in [5.74, 6) is 0.829. The molecule has 6 aromatic rings. The monoisotopic (exact) mass is 412 g/mol. The van der Waals surface area contributed by atoms with Crippen LogP contribution in [0, 0.1) is 0 Å². The summed E-state index contributed by atoms with van der Waals surface area (Å²) in [5.41, 5.74) is 5.94. The van der Waals surface area contributed by atoms with Gasteiger partial charge in [0.25, 0.3) is 0 Å². The van der Waals surface area contributed by atoms with Crippen molar-refractivity contribution in [3.05, 3.63) is 121 Å². The third-order valence-corrected chi connectivity index (χ3v) is 5.63. The smallest absolute Gasteiger partial charge is 0.220 e. The predicted molar refractivity (Wildman–Crippen MR) is 131 cm³/mol. The van der Waals surface area contributed by atoms with Crippen molar-refractivity contribution >= 4 is 33.7 Å². The Morgan fingerprint density at radius 2 is 1.22 bits per heavy atom. The van der Waals surface area contributed by atoms with E-state index < -0.39 is 0 Å². The van der Waals surface area contributed by atoms with Gasteiger partial charge in [-0.1, -0.05) is 66.7 Å². The lowest BCUT2D eigenvalue weighted by atomic mass is 10.2. The SMILES string of the molecule is c1ccc(N(c2ccccc2)c2nc(-c3ccccn3)c3ccc4ccccc4n23)cc1. The van der Waals surface area contributed by atoms with Gasteiger partial charge in [0.1, 0.15) is 5.69 Å². The Labute approximate surface area is 186 Å². The van der Waals surface area contributed by atoms with Crippen molar-refractivity contribution in [3.8, 4) is 11.4 Å². The number of hydrogen-bond acceptors (Lipinski definition) is 3. The highest BCUT2D eigenvalue weighted by molar-refractivity contribution is 5.91. The Balaban J connectivity index is 1.73. The largest absolute Gasteiger partial charge is 0.280 e. The number of benzene rings is 3. The van der Waals surface area contributed by atoms with Gasteiger partial charge >= 0.3 is 0 Å². The van der Waals surface area contributed by atoms with Crippen LogP contribution in [0.25, 0.3) is 27.8 Å². The molecule has 4 heteroatoms. The van der Waals surface area contributed by atoms with Crippen LogP contribution in [0.3, 0.4) is 0 Å². The van der Waals surface area contributed by atoms with Crippen molar-refractivity contribution in [2.24, 2.45) is 0 Å². The fourth-order valence-corrected chi connectivity index (χ4v) is 4.19.